The Bertz CT molecular complexity index is 195. The second kappa shape index (κ2) is 13.6. The van der Waals surface area contributed by atoms with Crippen LogP contribution >= 0.6 is 0 Å². The summed E-state index contributed by atoms with van der Waals surface area (Å²) in [4.78, 5) is 0. The lowest BCUT2D eigenvalue weighted by Crippen LogP contribution is -1.97. The first kappa shape index (κ1) is 18.9. The highest BCUT2D eigenvalue weighted by Gasteiger charge is 1.94. The van der Waals surface area contributed by atoms with Gasteiger partial charge in [0.1, 0.15) is 0 Å². The van der Waals surface area contributed by atoms with Gasteiger partial charge in [-0.3, -0.25) is 0 Å². The van der Waals surface area contributed by atoms with Crippen molar-refractivity contribution >= 4 is 0 Å². The number of hydrogen-bond acceptors (Lipinski definition) is 1. The molecular weight excluding hydrogens is 208 g/mol. The van der Waals surface area contributed by atoms with Crippen molar-refractivity contribution < 1.29 is 4.74 Å². The van der Waals surface area contributed by atoms with E-state index in [0.717, 1.165) is 25.6 Å². The predicted molar refractivity (Wildman–Crippen MR) is 78.1 cm³/mol. The van der Waals surface area contributed by atoms with Gasteiger partial charge in [-0.2, -0.15) is 0 Å². The van der Waals surface area contributed by atoms with Gasteiger partial charge >= 0.3 is 0 Å². The summed E-state index contributed by atoms with van der Waals surface area (Å²) in [6, 6.07) is 0. The van der Waals surface area contributed by atoms with Gasteiger partial charge < -0.3 is 4.74 Å². The van der Waals surface area contributed by atoms with E-state index in [1.807, 2.05) is 0 Å². The molecule has 0 aliphatic rings. The molecule has 0 heterocycles. The molecule has 0 aliphatic heterocycles. The summed E-state index contributed by atoms with van der Waals surface area (Å²) in [6.07, 6.45) is 6.07. The predicted octanol–water partition coefficient (Wildman–Crippen LogP) is 4.91. The molecule has 1 heteroatoms. The summed E-state index contributed by atoms with van der Waals surface area (Å²) in [5.41, 5.74) is 0. The topological polar surface area (TPSA) is 9.23 Å². The minimum absolute atomic E-state index is 0. The lowest BCUT2D eigenvalue weighted by atomic mass is 10.1. The average Bonchev–Trinajstić information content (AvgIpc) is 2.20. The molecule has 0 saturated heterocycles. The van der Waals surface area contributed by atoms with Crippen LogP contribution < -0.4 is 0 Å². The maximum absolute atomic E-state index is 5.52. The van der Waals surface area contributed by atoms with Crippen LogP contribution in [0, 0.1) is 23.7 Å². The molecule has 0 unspecified atom stereocenters. The maximum Gasteiger partial charge on any atom is 0.0575 e. The zero-order valence-electron chi connectivity index (χ0n) is 11.5. The number of hydrogen-bond donors (Lipinski definition) is 0. The van der Waals surface area contributed by atoms with E-state index in [0.29, 0.717) is 5.92 Å². The van der Waals surface area contributed by atoms with Crippen LogP contribution in [-0.2, 0) is 4.74 Å². The highest BCUT2D eigenvalue weighted by atomic mass is 16.5. The van der Waals surface area contributed by atoms with E-state index < -0.39 is 0 Å². The van der Waals surface area contributed by atoms with E-state index >= 15 is 0 Å². The van der Waals surface area contributed by atoms with Crippen LogP contribution in [0.1, 0.15) is 67.2 Å². The van der Waals surface area contributed by atoms with Crippen molar-refractivity contribution in [3.8, 4) is 11.8 Å². The zero-order chi connectivity index (χ0) is 12.2. The summed E-state index contributed by atoms with van der Waals surface area (Å²) < 4.78 is 5.52. The monoisotopic (exact) mass is 240 g/mol. The van der Waals surface area contributed by atoms with E-state index in [9.17, 15) is 0 Å². The van der Waals surface area contributed by atoms with Crippen molar-refractivity contribution in [2.45, 2.75) is 67.2 Å². The third-order valence-corrected chi connectivity index (χ3v) is 2.33. The molecule has 0 aromatic rings. The van der Waals surface area contributed by atoms with E-state index in [4.69, 9.17) is 4.74 Å². The van der Waals surface area contributed by atoms with E-state index in [1.165, 1.54) is 25.7 Å². The second-order valence-corrected chi connectivity index (χ2v) is 5.08. The molecule has 0 rings (SSSR count). The molecule has 0 radical (unpaired) electrons. The molecule has 1 nitrogen and oxygen atoms in total. The first-order chi connectivity index (χ1) is 7.63. The Kier molecular flexibility index (Phi) is 15.1. The second-order valence-electron chi connectivity index (χ2n) is 5.08. The molecular formula is C16H32O. The fourth-order valence-electron chi connectivity index (χ4n) is 1.44. The van der Waals surface area contributed by atoms with Gasteiger partial charge in [0.2, 0.25) is 0 Å². The van der Waals surface area contributed by atoms with Crippen molar-refractivity contribution in [2.75, 3.05) is 13.2 Å². The molecule has 0 atom stereocenters. The van der Waals surface area contributed by atoms with Gasteiger partial charge in [-0.15, -0.1) is 11.8 Å². The van der Waals surface area contributed by atoms with Crippen molar-refractivity contribution in [3.05, 3.63) is 0 Å². The van der Waals surface area contributed by atoms with Crippen LogP contribution in [0.4, 0.5) is 0 Å². The SMILES string of the molecule is C.CC(C)C#CCCOCCCCCC(C)C. The molecule has 0 bridgehead atoms. The highest BCUT2D eigenvalue weighted by molar-refractivity contribution is 5.00. The molecule has 0 saturated carbocycles. The summed E-state index contributed by atoms with van der Waals surface area (Å²) >= 11 is 0. The van der Waals surface area contributed by atoms with Crippen LogP contribution in [0.5, 0.6) is 0 Å². The molecule has 0 aromatic carbocycles. The van der Waals surface area contributed by atoms with Gasteiger partial charge in [-0.1, -0.05) is 54.4 Å². The van der Waals surface area contributed by atoms with Crippen molar-refractivity contribution in [1.82, 2.24) is 0 Å². The molecule has 102 valence electrons. The third kappa shape index (κ3) is 18.1. The zero-order valence-corrected chi connectivity index (χ0v) is 11.5. The van der Waals surface area contributed by atoms with Crippen LogP contribution in [0.25, 0.3) is 0 Å². The molecule has 0 aliphatic carbocycles. The minimum atomic E-state index is 0. The summed E-state index contributed by atoms with van der Waals surface area (Å²) in [6.45, 7) is 10.5. The first-order valence-electron chi connectivity index (χ1n) is 6.69. The quantitative estimate of drug-likeness (QED) is 0.433. The smallest absolute Gasteiger partial charge is 0.0575 e. The third-order valence-electron chi connectivity index (χ3n) is 2.33. The van der Waals surface area contributed by atoms with Crippen LogP contribution in [-0.4, -0.2) is 13.2 Å². The van der Waals surface area contributed by atoms with E-state index in [2.05, 4.69) is 39.5 Å². The fourth-order valence-corrected chi connectivity index (χ4v) is 1.44. The van der Waals surface area contributed by atoms with Crippen LogP contribution in [0.2, 0.25) is 0 Å². The highest BCUT2D eigenvalue weighted by Crippen LogP contribution is 2.07. The van der Waals surface area contributed by atoms with Gasteiger partial charge in [0, 0.05) is 18.9 Å². The van der Waals surface area contributed by atoms with Gasteiger partial charge in [-0.05, 0) is 12.3 Å². The summed E-state index contributed by atoms with van der Waals surface area (Å²) in [5, 5.41) is 0. The van der Waals surface area contributed by atoms with Crippen molar-refractivity contribution in [3.63, 3.8) is 0 Å². The lowest BCUT2D eigenvalue weighted by molar-refractivity contribution is 0.135. The summed E-state index contributed by atoms with van der Waals surface area (Å²) in [5.74, 6) is 7.59. The Morgan fingerprint density at radius 2 is 1.65 bits per heavy atom. The largest absolute Gasteiger partial charge is 0.380 e. The van der Waals surface area contributed by atoms with Gasteiger partial charge in [0.25, 0.3) is 0 Å². The standard InChI is InChI=1S/C15H28O.CH4/c1-14(2)10-6-5-8-12-16-13-9-7-11-15(3)4;/h14-15H,5-6,8-10,12-13H2,1-4H3;1H4. The lowest BCUT2D eigenvalue weighted by Gasteiger charge is -2.04. The van der Waals surface area contributed by atoms with Gasteiger partial charge in [0.05, 0.1) is 6.61 Å². The van der Waals surface area contributed by atoms with Crippen molar-refractivity contribution in [1.29, 1.82) is 0 Å². The maximum atomic E-state index is 5.52. The number of rotatable bonds is 8. The number of ether oxygens (including phenoxy) is 1. The minimum Gasteiger partial charge on any atom is -0.380 e. The summed E-state index contributed by atoms with van der Waals surface area (Å²) in [7, 11) is 0. The molecule has 0 aromatic heterocycles. The van der Waals surface area contributed by atoms with Crippen LogP contribution in [0.3, 0.4) is 0 Å². The first-order valence-corrected chi connectivity index (χ1v) is 6.69. The normalized spacial score (nSPS) is 10.0. The number of unbranched alkanes of at least 4 members (excludes halogenated alkanes) is 2. The van der Waals surface area contributed by atoms with Gasteiger partial charge in [-0.25, -0.2) is 0 Å². The van der Waals surface area contributed by atoms with E-state index in [-0.39, 0.29) is 7.43 Å². The Labute approximate surface area is 109 Å². The molecule has 0 N–H and O–H groups in total. The van der Waals surface area contributed by atoms with Crippen LogP contribution in [0.15, 0.2) is 0 Å². The Morgan fingerprint density at radius 1 is 0.941 bits per heavy atom. The Hall–Kier alpha value is -0.480. The van der Waals surface area contributed by atoms with Crippen molar-refractivity contribution in [2.24, 2.45) is 11.8 Å². The van der Waals surface area contributed by atoms with Gasteiger partial charge in [0.15, 0.2) is 0 Å². The molecule has 0 fully saturated rings. The fraction of sp³-hybridized carbons (Fsp3) is 0.875. The Balaban J connectivity index is 0. The average molecular weight is 240 g/mol. The molecule has 17 heavy (non-hydrogen) atoms. The Morgan fingerprint density at radius 3 is 2.24 bits per heavy atom. The van der Waals surface area contributed by atoms with E-state index in [1.54, 1.807) is 0 Å². The molecule has 0 amide bonds. The molecule has 0 spiro atoms.